The highest BCUT2D eigenvalue weighted by molar-refractivity contribution is 5.64. The highest BCUT2D eigenvalue weighted by atomic mass is 19.1. The summed E-state index contributed by atoms with van der Waals surface area (Å²) in [5, 5.41) is 0. The fraction of sp³-hybridized carbons (Fsp3) is 0.333. The molecule has 1 aromatic carbocycles. The maximum absolute atomic E-state index is 13.4. The summed E-state index contributed by atoms with van der Waals surface area (Å²) in [5.41, 5.74) is 8.09. The zero-order valence-corrected chi connectivity index (χ0v) is 8.68. The van der Waals surface area contributed by atoms with E-state index in [1.165, 1.54) is 6.07 Å². The molecule has 0 saturated heterocycles. The molecule has 0 amide bonds. The third-order valence-electron chi connectivity index (χ3n) is 2.16. The third kappa shape index (κ3) is 2.67. The van der Waals surface area contributed by atoms with E-state index in [0.717, 1.165) is 17.6 Å². The molecule has 14 heavy (non-hydrogen) atoms. The van der Waals surface area contributed by atoms with E-state index in [1.807, 2.05) is 26.0 Å². The molecule has 0 atom stereocenters. The van der Waals surface area contributed by atoms with Gasteiger partial charge in [-0.1, -0.05) is 17.7 Å². The van der Waals surface area contributed by atoms with Crippen LogP contribution >= 0.6 is 0 Å². The van der Waals surface area contributed by atoms with Gasteiger partial charge in [0.1, 0.15) is 5.82 Å². The molecule has 1 rings (SSSR count). The van der Waals surface area contributed by atoms with E-state index in [0.29, 0.717) is 12.1 Å². The summed E-state index contributed by atoms with van der Waals surface area (Å²) >= 11 is 0. The molecule has 1 nitrogen and oxygen atoms in total. The average Bonchev–Trinajstić information content (AvgIpc) is 2.18. The number of halogens is 1. The van der Waals surface area contributed by atoms with Crippen LogP contribution in [-0.2, 0) is 0 Å². The van der Waals surface area contributed by atoms with Crippen LogP contribution < -0.4 is 5.73 Å². The number of hydrogen-bond donors (Lipinski definition) is 1. The quantitative estimate of drug-likeness (QED) is 0.784. The Morgan fingerprint density at radius 3 is 2.86 bits per heavy atom. The molecule has 0 spiro atoms. The van der Waals surface area contributed by atoms with Crippen LogP contribution in [0, 0.1) is 12.7 Å². The molecular formula is C12H16FN. The molecule has 1 aromatic rings. The number of hydrogen-bond acceptors (Lipinski definition) is 1. The van der Waals surface area contributed by atoms with Crippen molar-refractivity contribution in [2.24, 2.45) is 5.73 Å². The second-order valence-corrected chi connectivity index (χ2v) is 3.45. The zero-order valence-electron chi connectivity index (χ0n) is 8.68. The van der Waals surface area contributed by atoms with Crippen molar-refractivity contribution in [2.45, 2.75) is 20.3 Å². The Hall–Kier alpha value is -1.15. The molecule has 0 aliphatic rings. The molecule has 0 aliphatic carbocycles. The normalized spacial score (nSPS) is 11.9. The molecule has 0 aliphatic heterocycles. The lowest BCUT2D eigenvalue weighted by molar-refractivity contribution is 0.623. The van der Waals surface area contributed by atoms with E-state index in [4.69, 9.17) is 5.73 Å². The zero-order chi connectivity index (χ0) is 10.6. The van der Waals surface area contributed by atoms with Gasteiger partial charge < -0.3 is 5.73 Å². The second kappa shape index (κ2) is 4.91. The van der Waals surface area contributed by atoms with Gasteiger partial charge in [-0.3, -0.25) is 0 Å². The SMILES string of the molecule is C/C(=C/CCN)c1cc(C)ccc1F. The highest BCUT2D eigenvalue weighted by Gasteiger charge is 2.03. The lowest BCUT2D eigenvalue weighted by Crippen LogP contribution is -1.96. The van der Waals surface area contributed by atoms with Crippen molar-refractivity contribution in [1.29, 1.82) is 0 Å². The Morgan fingerprint density at radius 2 is 2.21 bits per heavy atom. The van der Waals surface area contributed by atoms with Gasteiger partial charge >= 0.3 is 0 Å². The minimum absolute atomic E-state index is 0.165. The van der Waals surface area contributed by atoms with E-state index in [9.17, 15) is 4.39 Å². The smallest absolute Gasteiger partial charge is 0.130 e. The second-order valence-electron chi connectivity index (χ2n) is 3.45. The lowest BCUT2D eigenvalue weighted by atomic mass is 10.0. The number of rotatable bonds is 3. The molecule has 0 fully saturated rings. The van der Waals surface area contributed by atoms with Crippen LogP contribution in [-0.4, -0.2) is 6.54 Å². The van der Waals surface area contributed by atoms with Gasteiger partial charge in [0.15, 0.2) is 0 Å². The molecule has 0 saturated carbocycles. The minimum atomic E-state index is -0.165. The summed E-state index contributed by atoms with van der Waals surface area (Å²) in [7, 11) is 0. The van der Waals surface area contributed by atoms with Crippen LogP contribution in [0.1, 0.15) is 24.5 Å². The Labute approximate surface area is 84.4 Å². The van der Waals surface area contributed by atoms with E-state index in [1.54, 1.807) is 6.07 Å². The van der Waals surface area contributed by atoms with Crippen LogP contribution in [0.5, 0.6) is 0 Å². The molecule has 0 unspecified atom stereocenters. The van der Waals surface area contributed by atoms with Gasteiger partial charge in [0.2, 0.25) is 0 Å². The van der Waals surface area contributed by atoms with Gasteiger partial charge in [-0.15, -0.1) is 0 Å². The summed E-state index contributed by atoms with van der Waals surface area (Å²) in [6.07, 6.45) is 2.76. The Kier molecular flexibility index (Phi) is 3.84. The van der Waals surface area contributed by atoms with E-state index >= 15 is 0 Å². The van der Waals surface area contributed by atoms with E-state index in [-0.39, 0.29) is 5.82 Å². The molecule has 0 bridgehead atoms. The highest BCUT2D eigenvalue weighted by Crippen LogP contribution is 2.19. The van der Waals surface area contributed by atoms with Gasteiger partial charge in [0, 0.05) is 5.56 Å². The topological polar surface area (TPSA) is 26.0 Å². The third-order valence-corrected chi connectivity index (χ3v) is 2.16. The van der Waals surface area contributed by atoms with Crippen molar-refractivity contribution in [3.63, 3.8) is 0 Å². The fourth-order valence-electron chi connectivity index (χ4n) is 1.35. The van der Waals surface area contributed by atoms with Crippen LogP contribution in [0.25, 0.3) is 5.57 Å². The van der Waals surface area contributed by atoms with Crippen molar-refractivity contribution in [3.05, 3.63) is 41.2 Å². The standard InChI is InChI=1S/C12H16FN/c1-9-5-6-12(13)11(8-9)10(2)4-3-7-14/h4-6,8H,3,7,14H2,1-2H3/b10-4-. The van der Waals surface area contributed by atoms with Crippen LogP contribution in [0.4, 0.5) is 4.39 Å². The van der Waals surface area contributed by atoms with Crippen LogP contribution in [0.15, 0.2) is 24.3 Å². The van der Waals surface area contributed by atoms with E-state index in [2.05, 4.69) is 0 Å². The van der Waals surface area contributed by atoms with Gasteiger partial charge in [-0.05, 0) is 44.5 Å². The first kappa shape index (κ1) is 10.9. The fourth-order valence-corrected chi connectivity index (χ4v) is 1.35. The minimum Gasteiger partial charge on any atom is -0.330 e. The number of allylic oxidation sites excluding steroid dienone is 1. The monoisotopic (exact) mass is 193 g/mol. The number of nitrogens with two attached hydrogens (primary N) is 1. The maximum atomic E-state index is 13.4. The largest absolute Gasteiger partial charge is 0.330 e. The van der Waals surface area contributed by atoms with Crippen molar-refractivity contribution >= 4 is 5.57 Å². The first-order valence-electron chi connectivity index (χ1n) is 4.78. The van der Waals surface area contributed by atoms with Crippen LogP contribution in [0.2, 0.25) is 0 Å². The molecule has 2 N–H and O–H groups in total. The Balaban J connectivity index is 2.99. The van der Waals surface area contributed by atoms with Crippen molar-refractivity contribution in [3.8, 4) is 0 Å². The van der Waals surface area contributed by atoms with Gasteiger partial charge in [0.05, 0.1) is 0 Å². The Morgan fingerprint density at radius 1 is 1.50 bits per heavy atom. The first-order valence-corrected chi connectivity index (χ1v) is 4.78. The predicted molar refractivity (Wildman–Crippen MR) is 58.5 cm³/mol. The Bertz CT molecular complexity index is 342. The summed E-state index contributed by atoms with van der Waals surface area (Å²) in [5.74, 6) is -0.165. The molecule has 0 heterocycles. The summed E-state index contributed by atoms with van der Waals surface area (Å²) < 4.78 is 13.4. The van der Waals surface area contributed by atoms with Gasteiger partial charge in [0.25, 0.3) is 0 Å². The van der Waals surface area contributed by atoms with Crippen molar-refractivity contribution < 1.29 is 4.39 Å². The van der Waals surface area contributed by atoms with E-state index < -0.39 is 0 Å². The molecule has 0 aromatic heterocycles. The summed E-state index contributed by atoms with van der Waals surface area (Å²) in [6, 6.07) is 5.14. The van der Waals surface area contributed by atoms with Gasteiger partial charge in [-0.25, -0.2) is 4.39 Å². The van der Waals surface area contributed by atoms with Crippen molar-refractivity contribution in [1.82, 2.24) is 0 Å². The van der Waals surface area contributed by atoms with Crippen molar-refractivity contribution in [2.75, 3.05) is 6.54 Å². The molecule has 76 valence electrons. The predicted octanol–water partition coefficient (Wildman–Crippen LogP) is 2.89. The lowest BCUT2D eigenvalue weighted by Gasteiger charge is -2.04. The summed E-state index contributed by atoms with van der Waals surface area (Å²) in [6.45, 7) is 4.47. The number of benzene rings is 1. The van der Waals surface area contributed by atoms with Crippen LogP contribution in [0.3, 0.4) is 0 Å². The number of aryl methyl sites for hydroxylation is 1. The average molecular weight is 193 g/mol. The molecular weight excluding hydrogens is 177 g/mol. The van der Waals surface area contributed by atoms with Gasteiger partial charge in [-0.2, -0.15) is 0 Å². The first-order chi connectivity index (χ1) is 6.65. The maximum Gasteiger partial charge on any atom is 0.130 e. The molecule has 2 heteroatoms. The summed E-state index contributed by atoms with van der Waals surface area (Å²) in [4.78, 5) is 0. The molecule has 0 radical (unpaired) electrons.